The van der Waals surface area contributed by atoms with Crippen LogP contribution >= 0.6 is 23.4 Å². The first kappa shape index (κ1) is 14.2. The highest BCUT2D eigenvalue weighted by Crippen LogP contribution is 2.23. The zero-order valence-electron chi connectivity index (χ0n) is 10.00. The molecule has 1 atom stereocenters. The molecular formula is C12H17ClN2OS. The number of rotatable bonds is 5. The van der Waals surface area contributed by atoms with Crippen LogP contribution in [0.15, 0.2) is 18.2 Å². The Morgan fingerprint density at radius 3 is 2.88 bits per heavy atom. The van der Waals surface area contributed by atoms with Gasteiger partial charge in [-0.15, -0.1) is 11.8 Å². The van der Waals surface area contributed by atoms with Gasteiger partial charge in [0, 0.05) is 5.69 Å². The minimum atomic E-state index is -0.0631. The van der Waals surface area contributed by atoms with Crippen molar-refractivity contribution in [2.24, 2.45) is 0 Å². The van der Waals surface area contributed by atoms with Crippen LogP contribution in [0, 0.1) is 0 Å². The number of thioether (sulfide) groups is 1. The molecule has 0 aromatic heterocycles. The standard InChI is InChI=1S/C12H17ClN2OS/c1-3-6-17-8(2)12(16)15-9-4-5-10(13)11(14)7-9/h4-5,7-8H,3,6,14H2,1-2H3,(H,15,16). The number of anilines is 2. The quantitative estimate of drug-likeness (QED) is 0.808. The Hall–Kier alpha value is -0.870. The highest BCUT2D eigenvalue weighted by atomic mass is 35.5. The third kappa shape index (κ3) is 4.48. The number of benzene rings is 1. The maximum absolute atomic E-state index is 11.8. The van der Waals surface area contributed by atoms with E-state index in [0.717, 1.165) is 12.2 Å². The van der Waals surface area contributed by atoms with Crippen LogP contribution in [0.1, 0.15) is 20.3 Å². The topological polar surface area (TPSA) is 55.1 Å². The van der Waals surface area contributed by atoms with E-state index in [-0.39, 0.29) is 11.2 Å². The lowest BCUT2D eigenvalue weighted by Crippen LogP contribution is -2.22. The number of nitrogens with one attached hydrogen (secondary N) is 1. The first-order valence-corrected chi connectivity index (χ1v) is 6.94. The molecule has 1 rings (SSSR count). The summed E-state index contributed by atoms with van der Waals surface area (Å²) < 4.78 is 0. The largest absolute Gasteiger partial charge is 0.397 e. The highest BCUT2D eigenvalue weighted by Gasteiger charge is 2.13. The van der Waals surface area contributed by atoms with Crippen molar-refractivity contribution < 1.29 is 4.79 Å². The van der Waals surface area contributed by atoms with Gasteiger partial charge in [0.05, 0.1) is 16.0 Å². The van der Waals surface area contributed by atoms with Gasteiger partial charge in [-0.05, 0) is 37.3 Å². The van der Waals surface area contributed by atoms with E-state index < -0.39 is 0 Å². The van der Waals surface area contributed by atoms with Gasteiger partial charge in [-0.3, -0.25) is 4.79 Å². The normalized spacial score (nSPS) is 12.2. The molecule has 1 unspecified atom stereocenters. The molecule has 0 aliphatic rings. The zero-order valence-corrected chi connectivity index (χ0v) is 11.6. The minimum absolute atomic E-state index is 0.00910. The van der Waals surface area contributed by atoms with Crippen molar-refractivity contribution in [1.82, 2.24) is 0 Å². The van der Waals surface area contributed by atoms with Crippen LogP contribution in [-0.2, 0) is 4.79 Å². The van der Waals surface area contributed by atoms with Crippen molar-refractivity contribution in [3.63, 3.8) is 0 Å². The van der Waals surface area contributed by atoms with Crippen molar-refractivity contribution >= 4 is 40.6 Å². The van der Waals surface area contributed by atoms with Gasteiger partial charge in [-0.1, -0.05) is 18.5 Å². The molecule has 0 saturated heterocycles. The van der Waals surface area contributed by atoms with Crippen LogP contribution in [-0.4, -0.2) is 16.9 Å². The molecule has 3 nitrogen and oxygen atoms in total. The van der Waals surface area contributed by atoms with Crippen molar-refractivity contribution in [2.75, 3.05) is 16.8 Å². The highest BCUT2D eigenvalue weighted by molar-refractivity contribution is 8.00. The van der Waals surface area contributed by atoms with E-state index in [4.69, 9.17) is 17.3 Å². The lowest BCUT2D eigenvalue weighted by Gasteiger charge is -2.12. The van der Waals surface area contributed by atoms with Crippen LogP contribution in [0.5, 0.6) is 0 Å². The van der Waals surface area contributed by atoms with E-state index in [1.165, 1.54) is 0 Å². The summed E-state index contributed by atoms with van der Waals surface area (Å²) in [5.74, 6) is 0.974. The SMILES string of the molecule is CCCSC(C)C(=O)Nc1ccc(Cl)c(N)c1. The van der Waals surface area contributed by atoms with Crippen molar-refractivity contribution in [3.8, 4) is 0 Å². The Labute approximate surface area is 111 Å². The molecule has 1 aromatic carbocycles. The second kappa shape index (κ2) is 6.77. The van der Waals surface area contributed by atoms with Gasteiger partial charge in [0.25, 0.3) is 0 Å². The third-order valence-electron chi connectivity index (χ3n) is 2.20. The van der Waals surface area contributed by atoms with Crippen LogP contribution < -0.4 is 11.1 Å². The van der Waals surface area contributed by atoms with Crippen LogP contribution in [0.25, 0.3) is 0 Å². The fraction of sp³-hybridized carbons (Fsp3) is 0.417. The minimum Gasteiger partial charge on any atom is -0.397 e. The molecule has 0 heterocycles. The zero-order chi connectivity index (χ0) is 12.8. The lowest BCUT2D eigenvalue weighted by molar-refractivity contribution is -0.115. The molecule has 3 N–H and O–H groups in total. The van der Waals surface area contributed by atoms with Gasteiger partial charge < -0.3 is 11.1 Å². The fourth-order valence-electron chi connectivity index (χ4n) is 1.24. The number of amides is 1. The van der Waals surface area contributed by atoms with Gasteiger partial charge in [0.1, 0.15) is 0 Å². The molecule has 1 aromatic rings. The van der Waals surface area contributed by atoms with Crippen molar-refractivity contribution in [1.29, 1.82) is 0 Å². The van der Waals surface area contributed by atoms with E-state index in [0.29, 0.717) is 16.4 Å². The molecule has 0 saturated carbocycles. The van der Waals surface area contributed by atoms with Gasteiger partial charge in [0.2, 0.25) is 5.91 Å². The summed E-state index contributed by atoms with van der Waals surface area (Å²) in [6.07, 6.45) is 1.07. The van der Waals surface area contributed by atoms with E-state index in [2.05, 4.69) is 12.2 Å². The maximum Gasteiger partial charge on any atom is 0.237 e. The second-order valence-electron chi connectivity index (χ2n) is 3.74. The monoisotopic (exact) mass is 272 g/mol. The summed E-state index contributed by atoms with van der Waals surface area (Å²) in [6.45, 7) is 3.99. The molecule has 5 heteroatoms. The van der Waals surface area contributed by atoms with E-state index in [1.54, 1.807) is 30.0 Å². The smallest absolute Gasteiger partial charge is 0.237 e. The average molecular weight is 273 g/mol. The Bertz CT molecular complexity index is 398. The molecule has 0 aliphatic heterocycles. The molecule has 17 heavy (non-hydrogen) atoms. The fourth-order valence-corrected chi connectivity index (χ4v) is 2.15. The summed E-state index contributed by atoms with van der Waals surface area (Å²) in [6, 6.07) is 5.08. The number of carbonyl (C=O) groups excluding carboxylic acids is 1. The van der Waals surface area contributed by atoms with Gasteiger partial charge in [-0.2, -0.15) is 0 Å². The number of halogens is 1. The van der Waals surface area contributed by atoms with Gasteiger partial charge in [0.15, 0.2) is 0 Å². The predicted octanol–water partition coefficient (Wildman–Crippen LogP) is 3.39. The summed E-state index contributed by atoms with van der Waals surface area (Å²) >= 11 is 7.45. The molecular weight excluding hydrogens is 256 g/mol. The Morgan fingerprint density at radius 1 is 1.59 bits per heavy atom. The van der Waals surface area contributed by atoms with E-state index in [1.807, 2.05) is 6.92 Å². The van der Waals surface area contributed by atoms with Crippen LogP contribution in [0.3, 0.4) is 0 Å². The number of hydrogen-bond acceptors (Lipinski definition) is 3. The number of nitrogens with two attached hydrogens (primary N) is 1. The van der Waals surface area contributed by atoms with Crippen molar-refractivity contribution in [2.45, 2.75) is 25.5 Å². The number of carbonyl (C=O) groups is 1. The second-order valence-corrected chi connectivity index (χ2v) is 5.59. The number of hydrogen-bond donors (Lipinski definition) is 2. The molecule has 0 bridgehead atoms. The Balaban J connectivity index is 2.58. The summed E-state index contributed by atoms with van der Waals surface area (Å²) in [4.78, 5) is 11.8. The molecule has 94 valence electrons. The van der Waals surface area contributed by atoms with Gasteiger partial charge >= 0.3 is 0 Å². The van der Waals surface area contributed by atoms with Crippen LogP contribution in [0.4, 0.5) is 11.4 Å². The molecule has 0 fully saturated rings. The summed E-state index contributed by atoms with van der Waals surface area (Å²) in [7, 11) is 0. The van der Waals surface area contributed by atoms with E-state index in [9.17, 15) is 4.79 Å². The van der Waals surface area contributed by atoms with Crippen molar-refractivity contribution in [3.05, 3.63) is 23.2 Å². The first-order valence-electron chi connectivity index (χ1n) is 5.52. The summed E-state index contributed by atoms with van der Waals surface area (Å²) in [5, 5.41) is 3.25. The molecule has 0 radical (unpaired) electrons. The average Bonchev–Trinajstić information content (AvgIpc) is 2.30. The first-order chi connectivity index (χ1) is 8.04. The van der Waals surface area contributed by atoms with Gasteiger partial charge in [-0.25, -0.2) is 0 Å². The molecule has 0 aliphatic carbocycles. The number of nitrogen functional groups attached to an aromatic ring is 1. The Kier molecular flexibility index (Phi) is 5.65. The third-order valence-corrected chi connectivity index (χ3v) is 3.91. The molecule has 0 spiro atoms. The van der Waals surface area contributed by atoms with Crippen LogP contribution in [0.2, 0.25) is 5.02 Å². The predicted molar refractivity (Wildman–Crippen MR) is 76.7 cm³/mol. The molecule has 1 amide bonds. The van der Waals surface area contributed by atoms with E-state index >= 15 is 0 Å². The maximum atomic E-state index is 11.8. The lowest BCUT2D eigenvalue weighted by atomic mass is 10.2. The Morgan fingerprint density at radius 2 is 2.29 bits per heavy atom. The summed E-state index contributed by atoms with van der Waals surface area (Å²) in [5.41, 5.74) is 6.82.